The third-order valence-electron chi connectivity index (χ3n) is 7.04. The molecule has 1 saturated heterocycles. The predicted octanol–water partition coefficient (Wildman–Crippen LogP) is 5.03. The summed E-state index contributed by atoms with van der Waals surface area (Å²) in [5, 5.41) is 9.48. The smallest absolute Gasteiger partial charge is 0.289 e. The van der Waals surface area contributed by atoms with Gasteiger partial charge in [0.25, 0.3) is 5.24 Å². The fraction of sp³-hybridized carbons (Fsp3) is 0.417. The van der Waals surface area contributed by atoms with Crippen molar-refractivity contribution >= 4 is 22.9 Å². The first-order valence-electron chi connectivity index (χ1n) is 10.2. The number of fused-ring (bicyclic) bond motifs is 1. The second-order valence-electron chi connectivity index (χ2n) is 8.87. The highest BCUT2D eigenvalue weighted by Crippen LogP contribution is 2.66. The number of methoxy groups -OCH3 is 1. The Balaban J connectivity index is 0.000000149. The molecule has 0 radical (unpaired) electrons. The standard InChI is InChI=1S/C13H16O2.C11H11NO3S/c1-7-9-5-8(14)6-10-11(9)15-13(10,4)12(7,2)3;1-15-9-4-2-8(3-5-9)6-12-10(13)7-16-11(12)14/h5-7,14H,1-4H3;2-5H,6-7H2,1H3. The Morgan fingerprint density at radius 1 is 1.19 bits per heavy atom. The minimum Gasteiger partial charge on any atom is -0.508 e. The van der Waals surface area contributed by atoms with E-state index < -0.39 is 0 Å². The van der Waals surface area contributed by atoms with Gasteiger partial charge in [-0.1, -0.05) is 44.7 Å². The minimum atomic E-state index is -0.229. The first-order chi connectivity index (χ1) is 14.6. The summed E-state index contributed by atoms with van der Waals surface area (Å²) in [7, 11) is 1.60. The molecule has 6 rings (SSSR count). The molecular weight excluding hydrogens is 414 g/mol. The number of carbonyl (C=O) groups is 2. The Bertz CT molecular complexity index is 1020. The molecule has 0 aromatic heterocycles. The minimum absolute atomic E-state index is 0.0765. The Kier molecular flexibility index (Phi) is 5.20. The molecule has 1 aliphatic carbocycles. The number of phenolic OH excluding ortho intramolecular Hbond substituents is 1. The summed E-state index contributed by atoms with van der Waals surface area (Å²) in [6.45, 7) is 9.14. The molecule has 0 spiro atoms. The van der Waals surface area contributed by atoms with Crippen LogP contribution in [-0.2, 0) is 16.9 Å². The molecule has 4 bridgehead atoms. The number of hydrogen-bond donors (Lipinski definition) is 1. The number of aromatic hydroxyl groups is 1. The second-order valence-corrected chi connectivity index (χ2v) is 9.80. The van der Waals surface area contributed by atoms with Crippen molar-refractivity contribution in [3.05, 3.63) is 53.1 Å². The molecule has 1 fully saturated rings. The number of nitrogens with zero attached hydrogens (tertiary/aromatic N) is 1. The number of rotatable bonds is 3. The van der Waals surface area contributed by atoms with Crippen molar-refractivity contribution in [3.8, 4) is 17.2 Å². The van der Waals surface area contributed by atoms with Crippen molar-refractivity contribution < 1.29 is 24.2 Å². The van der Waals surface area contributed by atoms with E-state index in [1.165, 1.54) is 10.5 Å². The number of amides is 2. The third-order valence-corrected chi connectivity index (χ3v) is 7.90. The molecule has 164 valence electrons. The average molecular weight is 442 g/mol. The van der Waals surface area contributed by atoms with Crippen LogP contribution in [0, 0.1) is 5.41 Å². The van der Waals surface area contributed by atoms with Gasteiger partial charge in [-0.15, -0.1) is 0 Å². The van der Waals surface area contributed by atoms with Crippen LogP contribution in [0.5, 0.6) is 17.2 Å². The quantitative estimate of drug-likeness (QED) is 0.720. The van der Waals surface area contributed by atoms with Gasteiger partial charge in [-0.05, 0) is 42.7 Å². The van der Waals surface area contributed by atoms with Crippen LogP contribution in [0.25, 0.3) is 0 Å². The zero-order valence-electron chi connectivity index (χ0n) is 18.4. The lowest BCUT2D eigenvalue weighted by atomic mass is 9.56. The maximum atomic E-state index is 11.4. The number of benzene rings is 2. The fourth-order valence-corrected chi connectivity index (χ4v) is 5.09. The van der Waals surface area contributed by atoms with Gasteiger partial charge in [0, 0.05) is 16.5 Å². The average Bonchev–Trinajstić information content (AvgIpc) is 3.05. The van der Waals surface area contributed by atoms with E-state index in [2.05, 4.69) is 27.7 Å². The summed E-state index contributed by atoms with van der Waals surface area (Å²) in [5.41, 5.74) is 3.09. The molecule has 2 atom stereocenters. The maximum absolute atomic E-state index is 11.4. The lowest BCUT2D eigenvalue weighted by Crippen LogP contribution is -2.56. The molecule has 0 saturated carbocycles. The van der Waals surface area contributed by atoms with Crippen molar-refractivity contribution in [1.82, 2.24) is 4.90 Å². The van der Waals surface area contributed by atoms with Crippen molar-refractivity contribution in [1.29, 1.82) is 0 Å². The van der Waals surface area contributed by atoms with Gasteiger partial charge in [-0.3, -0.25) is 14.5 Å². The molecule has 31 heavy (non-hydrogen) atoms. The van der Waals surface area contributed by atoms with Gasteiger partial charge in [0.1, 0.15) is 22.8 Å². The van der Waals surface area contributed by atoms with Crippen molar-refractivity contribution in [2.45, 2.75) is 45.8 Å². The lowest BCUT2D eigenvalue weighted by Gasteiger charge is -2.59. The molecule has 1 N–H and O–H groups in total. The van der Waals surface area contributed by atoms with Crippen LogP contribution >= 0.6 is 11.8 Å². The van der Waals surface area contributed by atoms with E-state index in [0.29, 0.717) is 18.2 Å². The number of imide groups is 1. The molecule has 2 unspecified atom stereocenters. The monoisotopic (exact) mass is 441 g/mol. The number of carbonyl (C=O) groups excluding carboxylic acids is 2. The van der Waals surface area contributed by atoms with E-state index in [1.807, 2.05) is 36.4 Å². The summed E-state index contributed by atoms with van der Waals surface area (Å²) in [5.74, 6) is 2.69. The molecule has 4 aliphatic rings. The van der Waals surface area contributed by atoms with Crippen LogP contribution in [0.15, 0.2) is 36.4 Å². The van der Waals surface area contributed by atoms with Crippen molar-refractivity contribution in [2.24, 2.45) is 5.41 Å². The highest BCUT2D eigenvalue weighted by atomic mass is 32.2. The molecule has 7 heteroatoms. The van der Waals surface area contributed by atoms with Crippen LogP contribution in [0.4, 0.5) is 4.79 Å². The van der Waals surface area contributed by atoms with Crippen molar-refractivity contribution in [2.75, 3.05) is 12.9 Å². The molecule has 3 aliphatic heterocycles. The Morgan fingerprint density at radius 2 is 1.87 bits per heavy atom. The summed E-state index contributed by atoms with van der Waals surface area (Å²) in [6.07, 6.45) is 0. The van der Waals surface area contributed by atoms with Gasteiger partial charge >= 0.3 is 0 Å². The van der Waals surface area contributed by atoms with Gasteiger partial charge in [0.2, 0.25) is 5.91 Å². The number of thioether (sulfide) groups is 1. The largest absolute Gasteiger partial charge is 0.508 e. The maximum Gasteiger partial charge on any atom is 0.289 e. The fourth-order valence-electron chi connectivity index (χ4n) is 4.37. The normalized spacial score (nSPS) is 24.7. The Hall–Kier alpha value is -2.67. The van der Waals surface area contributed by atoms with E-state index in [-0.39, 0.29) is 27.9 Å². The van der Waals surface area contributed by atoms with Crippen LogP contribution in [0.2, 0.25) is 0 Å². The first kappa shape index (κ1) is 21.6. The van der Waals surface area contributed by atoms with Gasteiger partial charge in [-0.2, -0.15) is 0 Å². The predicted molar refractivity (Wildman–Crippen MR) is 120 cm³/mol. The zero-order chi connectivity index (χ0) is 22.6. The summed E-state index contributed by atoms with van der Waals surface area (Å²) >= 11 is 1.05. The lowest BCUT2D eigenvalue weighted by molar-refractivity contribution is -0.125. The van der Waals surface area contributed by atoms with Gasteiger partial charge in [0.15, 0.2) is 0 Å². The van der Waals surface area contributed by atoms with Crippen LogP contribution in [0.1, 0.15) is 50.3 Å². The first-order valence-corrected chi connectivity index (χ1v) is 11.2. The van der Waals surface area contributed by atoms with E-state index >= 15 is 0 Å². The molecule has 2 aromatic rings. The topological polar surface area (TPSA) is 76.1 Å². The zero-order valence-corrected chi connectivity index (χ0v) is 19.2. The molecule has 2 amide bonds. The van der Waals surface area contributed by atoms with E-state index in [9.17, 15) is 14.7 Å². The van der Waals surface area contributed by atoms with Gasteiger partial charge in [-0.25, -0.2) is 0 Å². The van der Waals surface area contributed by atoms with E-state index in [4.69, 9.17) is 9.47 Å². The molecule has 3 heterocycles. The summed E-state index contributed by atoms with van der Waals surface area (Å²) in [6, 6.07) is 11.0. The summed E-state index contributed by atoms with van der Waals surface area (Å²) in [4.78, 5) is 24.0. The number of ether oxygens (including phenoxy) is 2. The Labute approximate surface area is 186 Å². The van der Waals surface area contributed by atoms with Crippen LogP contribution < -0.4 is 9.47 Å². The highest BCUT2D eigenvalue weighted by molar-refractivity contribution is 8.14. The van der Waals surface area contributed by atoms with E-state index in [0.717, 1.165) is 34.4 Å². The SMILES string of the molecule is CC1c2cc(O)cc3c2OC3(C)C1(C)C.COc1ccc(CN2C(=O)CSC2=O)cc1. The van der Waals surface area contributed by atoms with Gasteiger partial charge in [0.05, 0.1) is 19.4 Å². The third kappa shape index (κ3) is 3.35. The van der Waals surface area contributed by atoms with E-state index in [1.54, 1.807) is 7.11 Å². The summed E-state index contributed by atoms with van der Waals surface area (Å²) < 4.78 is 10.9. The Morgan fingerprint density at radius 3 is 2.45 bits per heavy atom. The van der Waals surface area contributed by atoms with Crippen molar-refractivity contribution in [3.63, 3.8) is 0 Å². The number of hydrogen-bond acceptors (Lipinski definition) is 6. The molecule has 6 nitrogen and oxygen atoms in total. The highest BCUT2D eigenvalue weighted by Gasteiger charge is 2.60. The number of phenols is 1. The second kappa shape index (κ2) is 7.48. The van der Waals surface area contributed by atoms with Gasteiger partial charge < -0.3 is 14.6 Å². The van der Waals surface area contributed by atoms with Crippen LogP contribution in [0.3, 0.4) is 0 Å². The van der Waals surface area contributed by atoms with Crippen LogP contribution in [-0.4, -0.2) is 34.0 Å². The molecular formula is C24H27NO5S. The molecule has 2 aromatic carbocycles.